The Hall–Kier alpha value is -3.66. The molecule has 0 saturated carbocycles. The first-order valence-corrected chi connectivity index (χ1v) is 10.4. The van der Waals surface area contributed by atoms with Crippen molar-refractivity contribution in [1.82, 2.24) is 19.9 Å². The molecule has 1 aliphatic rings. The zero-order valence-electron chi connectivity index (χ0n) is 28.2. The second-order valence-electron chi connectivity index (χ2n) is 6.19. The Morgan fingerprint density at radius 1 is 1.49 bits per heavy atom. The number of carboxylic acid groups (broad SMARTS) is 2. The van der Waals surface area contributed by atoms with Crippen molar-refractivity contribution >= 4 is 51.0 Å². The van der Waals surface area contributed by atoms with E-state index in [-0.39, 0.29) is 20.6 Å². The number of hydrogen-bond acceptors (Lipinski definition) is 9. The maximum absolute atomic E-state index is 14.3. The van der Waals surface area contributed by atoms with Crippen molar-refractivity contribution in [2.75, 3.05) is 18.4 Å². The molecule has 10 nitrogen and oxygen atoms in total. The fourth-order valence-electron chi connectivity index (χ4n) is 2.36. The summed E-state index contributed by atoms with van der Waals surface area (Å²) in [4.78, 5) is 31.5. The third-order valence-corrected chi connectivity index (χ3v) is 4.86. The third kappa shape index (κ3) is 7.68. The predicted octanol–water partition coefficient (Wildman–Crippen LogP) is 3.54. The van der Waals surface area contributed by atoms with Crippen molar-refractivity contribution in [1.29, 1.82) is 5.26 Å². The van der Waals surface area contributed by atoms with Gasteiger partial charge >= 0.3 is 11.9 Å². The number of likely N-dealkylation sites (tertiary alicyclic amines) is 1. The molecular weight excluding hydrogens is 499 g/mol. The molecule has 3 aromatic rings. The molecule has 1 unspecified atom stereocenters. The number of carboxylic acids is 2. The third-order valence-electron chi connectivity index (χ3n) is 3.79. The lowest BCUT2D eigenvalue weighted by Gasteiger charge is -2.32. The number of fused-ring (bicyclic) bond motifs is 1. The number of rotatable bonds is 6. The van der Waals surface area contributed by atoms with Crippen molar-refractivity contribution in [2.45, 2.75) is 25.3 Å². The number of nitrogens with one attached hydrogen (secondary N) is 1. The molecule has 3 N–H and O–H groups in total. The zero-order chi connectivity index (χ0) is 35.2. The van der Waals surface area contributed by atoms with E-state index in [1.165, 1.54) is 6.07 Å². The Morgan fingerprint density at radius 2 is 2.23 bits per heavy atom. The van der Waals surface area contributed by atoms with Crippen LogP contribution in [0.15, 0.2) is 36.6 Å². The second-order valence-corrected chi connectivity index (χ2v) is 7.75. The highest BCUT2D eigenvalue weighted by atomic mass is 35.5. The average Bonchev–Trinajstić information content (AvgIpc) is 3.34. The van der Waals surface area contributed by atoms with Crippen molar-refractivity contribution in [3.05, 3.63) is 58.0 Å². The number of piperidine rings is 1. The van der Waals surface area contributed by atoms with Crippen molar-refractivity contribution in [3.63, 3.8) is 0 Å². The van der Waals surface area contributed by atoms with Crippen molar-refractivity contribution in [3.8, 4) is 6.07 Å². The molecule has 4 rings (SSSR count). The molecule has 13 heteroatoms. The second kappa shape index (κ2) is 12.2. The first kappa shape index (κ1) is 14.7. The number of hydrogen-bond donors (Lipinski definition) is 3. The smallest absolute Gasteiger partial charge is 0.328 e. The molecule has 1 atom stereocenters. The van der Waals surface area contributed by atoms with E-state index in [4.69, 9.17) is 36.9 Å². The minimum absolute atomic E-state index is 0.0192. The SMILES string of the molecule is O=C(O)/C=C\C(=O)O.[2H]c1c([2H])c(C([2H])([2H])N2CCC([2H])(N([2H])c3ncnc4sc(Cl)nc34)C([2H])([2H])C2([2H])[2H])c([2H])c(C#N)c1F. The van der Waals surface area contributed by atoms with E-state index in [0.29, 0.717) is 22.4 Å². The summed E-state index contributed by atoms with van der Waals surface area (Å²) in [5, 5.41) is 25.2. The maximum atomic E-state index is 14.3. The summed E-state index contributed by atoms with van der Waals surface area (Å²) in [5.74, 6) is -4.35. The van der Waals surface area contributed by atoms with Crippen LogP contribution < -0.4 is 5.31 Å². The van der Waals surface area contributed by atoms with E-state index >= 15 is 0 Å². The van der Waals surface area contributed by atoms with E-state index in [9.17, 15) is 19.2 Å². The molecule has 3 heterocycles. The Kier molecular flexibility index (Phi) is 5.10. The molecule has 1 saturated heterocycles. The fraction of sp³-hybridized carbons (Fsp3) is 0.273. The molecule has 1 aliphatic heterocycles. The highest BCUT2D eigenvalue weighted by molar-refractivity contribution is 7.21. The van der Waals surface area contributed by atoms with E-state index in [0.717, 1.165) is 17.7 Å². The van der Waals surface area contributed by atoms with Gasteiger partial charge in [-0.15, -0.1) is 0 Å². The van der Waals surface area contributed by atoms with Crippen LogP contribution in [0.1, 0.15) is 37.6 Å². The van der Waals surface area contributed by atoms with Gasteiger partial charge in [0.1, 0.15) is 28.6 Å². The van der Waals surface area contributed by atoms with Crippen molar-refractivity contribution in [2.24, 2.45) is 0 Å². The highest BCUT2D eigenvalue weighted by Crippen LogP contribution is 2.28. The summed E-state index contributed by atoms with van der Waals surface area (Å²) in [6.07, 6.45) is -1.88. The molecule has 0 spiro atoms. The van der Waals surface area contributed by atoms with Gasteiger partial charge in [0.05, 0.1) is 11.0 Å². The molecule has 1 aromatic carbocycles. The topological polar surface area (TPSA) is 152 Å². The number of anilines is 1. The summed E-state index contributed by atoms with van der Waals surface area (Å²) >= 11 is 6.86. The zero-order valence-corrected chi connectivity index (χ0v) is 18.8. The lowest BCUT2D eigenvalue weighted by Crippen LogP contribution is -2.38. The number of thiazole rings is 1. The molecule has 0 aliphatic carbocycles. The van der Waals surface area contributed by atoms with Crippen LogP contribution in [0.3, 0.4) is 0 Å². The van der Waals surface area contributed by atoms with Crippen LogP contribution >= 0.6 is 22.9 Å². The van der Waals surface area contributed by atoms with Gasteiger partial charge in [-0.3, -0.25) is 4.90 Å². The van der Waals surface area contributed by atoms with Crippen LogP contribution in [0.2, 0.25) is 5.88 Å². The van der Waals surface area contributed by atoms with Crippen LogP contribution in [0, 0.1) is 17.1 Å². The number of carbonyl (C=O) groups is 2. The van der Waals surface area contributed by atoms with E-state index in [1.54, 1.807) is 0 Å². The summed E-state index contributed by atoms with van der Waals surface area (Å²) in [5.41, 5.74) is -2.04. The van der Waals surface area contributed by atoms with Gasteiger partial charge in [0.15, 0.2) is 11.7 Å². The number of nitriles is 1. The highest BCUT2D eigenvalue weighted by Gasteiger charge is 2.21. The number of aliphatic carboxylic acids is 2. The molecular formula is C22H20ClFN6O4S. The molecule has 0 amide bonds. The molecule has 1 fully saturated rings. The van der Waals surface area contributed by atoms with Crippen LogP contribution in [0.4, 0.5) is 10.2 Å². The minimum atomic E-state index is -3.38. The Balaban J connectivity index is 0.000000637. The van der Waals surface area contributed by atoms with E-state index < -0.39 is 85.4 Å². The fourth-order valence-corrected chi connectivity index (χ4v) is 3.30. The summed E-state index contributed by atoms with van der Waals surface area (Å²) < 4.78 is 107. The Bertz CT molecular complexity index is 1780. The normalized spacial score (nSPS) is 25.8. The average molecular weight is 530 g/mol. The number of benzene rings is 1. The monoisotopic (exact) mass is 529 g/mol. The standard InChI is InChI=1S/C18H16ClFN6S.C4H4O4/c19-18-25-15-16(22-10-23-17(15)27-18)24-13-3-5-26(6-4-13)9-11-1-2-14(20)12(7-11)8-21;5-3(6)1-2-4(7)8/h1-2,7,10,13H,3-6,9H2,(H,22,23,24);1-2H,(H,5,6)(H,7,8)/b;2-1-/i1D,2D,3D2,5D2,7D,9D2,13D;/hD. The lowest BCUT2D eigenvalue weighted by molar-refractivity contribution is -0.134. The molecule has 182 valence electrons. The summed E-state index contributed by atoms with van der Waals surface area (Å²) in [6, 6.07) is -4.75. The summed E-state index contributed by atoms with van der Waals surface area (Å²) in [7, 11) is 0. The largest absolute Gasteiger partial charge is 0.478 e. The van der Waals surface area contributed by atoms with Gasteiger partial charge in [-0.2, -0.15) is 5.26 Å². The van der Waals surface area contributed by atoms with Gasteiger partial charge in [-0.1, -0.05) is 29.0 Å². The first-order chi connectivity index (χ1) is 21.1. The molecule has 35 heavy (non-hydrogen) atoms. The molecule has 2 aromatic heterocycles. The van der Waals surface area contributed by atoms with Crippen molar-refractivity contribution < 1.29 is 39.3 Å². The Labute approximate surface area is 223 Å². The van der Waals surface area contributed by atoms with Crippen LogP contribution in [-0.2, 0) is 16.1 Å². The number of halogens is 2. The van der Waals surface area contributed by atoms with Crippen LogP contribution in [0.25, 0.3) is 10.3 Å². The molecule has 0 radical (unpaired) electrons. The predicted molar refractivity (Wildman–Crippen MR) is 128 cm³/mol. The number of nitrogens with zero attached hydrogens (tertiary/aromatic N) is 5. The number of aromatic nitrogens is 3. The van der Waals surface area contributed by atoms with Gasteiger partial charge in [-0.05, 0) is 30.4 Å². The Morgan fingerprint density at radius 3 is 2.91 bits per heavy atom. The summed E-state index contributed by atoms with van der Waals surface area (Å²) in [6.45, 7) is -7.32. The van der Waals surface area contributed by atoms with Crippen LogP contribution in [0.5, 0.6) is 0 Å². The van der Waals surface area contributed by atoms with Gasteiger partial charge in [0.2, 0.25) is 0 Å². The van der Waals surface area contributed by atoms with Gasteiger partial charge in [0.25, 0.3) is 0 Å². The van der Waals surface area contributed by atoms with Gasteiger partial charge in [0, 0.05) is 45.9 Å². The van der Waals surface area contributed by atoms with E-state index in [1.807, 2.05) is 0 Å². The first-order valence-electron chi connectivity index (χ1n) is 14.7. The minimum Gasteiger partial charge on any atom is -0.478 e. The lowest BCUT2D eigenvalue weighted by atomic mass is 10.0. The maximum Gasteiger partial charge on any atom is 0.328 e. The van der Waals surface area contributed by atoms with Crippen LogP contribution in [-0.4, -0.2) is 61.1 Å². The van der Waals surface area contributed by atoms with E-state index in [2.05, 4.69) is 15.0 Å². The van der Waals surface area contributed by atoms with Gasteiger partial charge < -0.3 is 15.5 Å². The quantitative estimate of drug-likeness (QED) is 0.404. The molecule has 0 bridgehead atoms. The van der Waals surface area contributed by atoms with Gasteiger partial charge in [-0.25, -0.2) is 28.9 Å².